The lowest BCUT2D eigenvalue weighted by Gasteiger charge is -2.38. The van der Waals surface area contributed by atoms with Crippen molar-refractivity contribution in [3.05, 3.63) is 35.4 Å². The summed E-state index contributed by atoms with van der Waals surface area (Å²) in [5.74, 6) is -3.80. The van der Waals surface area contributed by atoms with Gasteiger partial charge in [-0.3, -0.25) is 4.79 Å². The highest BCUT2D eigenvalue weighted by molar-refractivity contribution is 7.90. The molecule has 1 aliphatic rings. The number of sulfone groups is 1. The summed E-state index contributed by atoms with van der Waals surface area (Å²) < 4.78 is 47.3. The molecule has 1 amide bonds. The predicted octanol–water partition coefficient (Wildman–Crippen LogP) is 2.02. The number of piperidine rings is 1. The summed E-state index contributed by atoms with van der Waals surface area (Å²) in [6, 6.07) is 5.74. The first-order valence-corrected chi connectivity index (χ1v) is 9.56. The van der Waals surface area contributed by atoms with Crippen LogP contribution in [-0.4, -0.2) is 44.1 Å². The van der Waals surface area contributed by atoms with Crippen LogP contribution >= 0.6 is 0 Å². The zero-order valence-corrected chi connectivity index (χ0v) is 14.3. The molecule has 0 aliphatic carbocycles. The van der Waals surface area contributed by atoms with Gasteiger partial charge in [0, 0.05) is 24.7 Å². The summed E-state index contributed by atoms with van der Waals surface area (Å²) in [5.41, 5.74) is 6.40. The number of carbonyl (C=O) groups excluding carboxylic acids is 1. The average molecular weight is 360 g/mol. The minimum absolute atomic E-state index is 0.0138. The molecule has 0 bridgehead atoms. The zero-order chi connectivity index (χ0) is 17.9. The molecule has 1 aliphatic heterocycles. The van der Waals surface area contributed by atoms with Gasteiger partial charge in [0.15, 0.2) is 0 Å². The normalized spacial score (nSPS) is 22.0. The van der Waals surface area contributed by atoms with Gasteiger partial charge < -0.3 is 10.6 Å². The molecular formula is C16H22F2N2O3S. The molecular weight excluding hydrogens is 338 g/mol. The van der Waals surface area contributed by atoms with E-state index in [4.69, 9.17) is 5.73 Å². The molecule has 0 spiro atoms. The minimum atomic E-state index is -4.47. The first kappa shape index (κ1) is 18.8. The highest BCUT2D eigenvalue weighted by atomic mass is 32.2. The van der Waals surface area contributed by atoms with E-state index < -0.39 is 21.3 Å². The topological polar surface area (TPSA) is 80.5 Å². The van der Waals surface area contributed by atoms with E-state index in [1.807, 2.05) is 0 Å². The van der Waals surface area contributed by atoms with E-state index in [1.165, 1.54) is 24.3 Å². The molecule has 5 nitrogen and oxygen atoms in total. The molecule has 24 heavy (non-hydrogen) atoms. The summed E-state index contributed by atoms with van der Waals surface area (Å²) in [6.45, 7) is 3.15. The summed E-state index contributed by atoms with van der Waals surface area (Å²) >= 11 is 0. The molecule has 0 aromatic heterocycles. The van der Waals surface area contributed by atoms with E-state index in [9.17, 15) is 22.0 Å². The van der Waals surface area contributed by atoms with Crippen LogP contribution in [0, 0.1) is 5.92 Å². The maximum atomic E-state index is 12.6. The standard InChI is InChI=1S/C16H22F2N2O3S/c1-11-6-7-20(14(8-11)9-19)15(21)13-4-2-12(3-5-13)10-24(22,23)16(17)18/h2-5,11,14,16H,6-10,19H2,1H3. The second-order valence-corrected chi connectivity index (χ2v) is 8.25. The molecule has 2 atom stereocenters. The average Bonchev–Trinajstić information content (AvgIpc) is 2.54. The summed E-state index contributed by atoms with van der Waals surface area (Å²) in [7, 11) is -4.47. The van der Waals surface area contributed by atoms with Gasteiger partial charge in [0.05, 0.1) is 5.75 Å². The van der Waals surface area contributed by atoms with Crippen molar-refractivity contribution in [2.75, 3.05) is 13.1 Å². The number of hydrogen-bond acceptors (Lipinski definition) is 4. The third kappa shape index (κ3) is 4.30. The Morgan fingerprint density at radius 2 is 1.96 bits per heavy atom. The molecule has 2 N–H and O–H groups in total. The van der Waals surface area contributed by atoms with Gasteiger partial charge in [-0.15, -0.1) is 0 Å². The smallest absolute Gasteiger partial charge is 0.334 e. The van der Waals surface area contributed by atoms with Crippen molar-refractivity contribution in [2.45, 2.75) is 37.3 Å². The Bertz CT molecular complexity index is 677. The number of halogens is 2. The first-order chi connectivity index (χ1) is 11.2. The highest BCUT2D eigenvalue weighted by Gasteiger charge is 2.29. The number of amides is 1. The lowest BCUT2D eigenvalue weighted by atomic mass is 9.92. The van der Waals surface area contributed by atoms with Crippen LogP contribution in [0.3, 0.4) is 0 Å². The number of alkyl halides is 2. The number of carbonyl (C=O) groups is 1. The summed E-state index contributed by atoms with van der Waals surface area (Å²) in [6.07, 6.45) is 1.76. The second kappa shape index (κ2) is 7.57. The predicted molar refractivity (Wildman–Crippen MR) is 87.3 cm³/mol. The molecule has 8 heteroatoms. The number of rotatable bonds is 5. The fraction of sp³-hybridized carbons (Fsp3) is 0.562. The molecule has 1 heterocycles. The van der Waals surface area contributed by atoms with Gasteiger partial charge in [-0.1, -0.05) is 19.1 Å². The van der Waals surface area contributed by atoms with E-state index in [0.29, 0.717) is 24.6 Å². The molecule has 1 aromatic carbocycles. The van der Waals surface area contributed by atoms with Crippen molar-refractivity contribution in [1.29, 1.82) is 0 Å². The van der Waals surface area contributed by atoms with Crippen LogP contribution in [0.1, 0.15) is 35.7 Å². The van der Waals surface area contributed by atoms with E-state index >= 15 is 0 Å². The lowest BCUT2D eigenvalue weighted by Crippen LogP contribution is -2.49. The second-order valence-electron chi connectivity index (χ2n) is 6.28. The Hall–Kier alpha value is -1.54. The number of benzene rings is 1. The Morgan fingerprint density at radius 1 is 1.33 bits per heavy atom. The van der Waals surface area contributed by atoms with Gasteiger partial charge in [0.1, 0.15) is 0 Å². The fourth-order valence-electron chi connectivity index (χ4n) is 2.95. The van der Waals surface area contributed by atoms with Gasteiger partial charge >= 0.3 is 5.76 Å². The van der Waals surface area contributed by atoms with Crippen LogP contribution in [-0.2, 0) is 15.6 Å². The van der Waals surface area contributed by atoms with Gasteiger partial charge in [-0.25, -0.2) is 8.42 Å². The molecule has 2 unspecified atom stereocenters. The Kier molecular flexibility index (Phi) is 5.92. The Labute approximate surface area is 140 Å². The molecule has 0 saturated carbocycles. The summed E-state index contributed by atoms with van der Waals surface area (Å²) in [4.78, 5) is 14.4. The van der Waals surface area contributed by atoms with Gasteiger partial charge in [0.25, 0.3) is 5.91 Å². The quantitative estimate of drug-likeness (QED) is 0.871. The van der Waals surface area contributed by atoms with Crippen molar-refractivity contribution in [1.82, 2.24) is 4.90 Å². The maximum absolute atomic E-state index is 12.6. The maximum Gasteiger partial charge on any atom is 0.337 e. The van der Waals surface area contributed by atoms with Crippen molar-refractivity contribution in [3.8, 4) is 0 Å². The Morgan fingerprint density at radius 3 is 2.50 bits per heavy atom. The van der Waals surface area contributed by atoms with Gasteiger partial charge in [0.2, 0.25) is 9.84 Å². The highest BCUT2D eigenvalue weighted by Crippen LogP contribution is 2.24. The van der Waals surface area contributed by atoms with Crippen LogP contribution < -0.4 is 5.73 Å². The SMILES string of the molecule is CC1CCN(C(=O)c2ccc(CS(=O)(=O)C(F)F)cc2)C(CN)C1. The van der Waals surface area contributed by atoms with Crippen LogP contribution in [0.25, 0.3) is 0 Å². The Balaban J connectivity index is 2.11. The third-order valence-corrected chi connectivity index (χ3v) is 5.63. The summed E-state index contributed by atoms with van der Waals surface area (Å²) in [5, 5.41) is 0. The number of nitrogens with two attached hydrogens (primary N) is 1. The molecule has 134 valence electrons. The molecule has 0 radical (unpaired) electrons. The van der Waals surface area contributed by atoms with Crippen LogP contribution in [0.2, 0.25) is 0 Å². The van der Waals surface area contributed by atoms with Crippen molar-refractivity contribution in [2.24, 2.45) is 11.7 Å². The van der Waals surface area contributed by atoms with E-state index in [0.717, 1.165) is 12.8 Å². The number of nitrogens with zero attached hydrogens (tertiary/aromatic N) is 1. The zero-order valence-electron chi connectivity index (χ0n) is 13.5. The van der Waals surface area contributed by atoms with E-state index in [1.54, 1.807) is 4.90 Å². The van der Waals surface area contributed by atoms with Crippen molar-refractivity contribution >= 4 is 15.7 Å². The molecule has 1 saturated heterocycles. The fourth-order valence-corrected chi connectivity index (χ4v) is 3.73. The van der Waals surface area contributed by atoms with Crippen molar-refractivity contribution in [3.63, 3.8) is 0 Å². The van der Waals surface area contributed by atoms with E-state index in [-0.39, 0.29) is 17.5 Å². The monoisotopic (exact) mass is 360 g/mol. The molecule has 1 fully saturated rings. The largest absolute Gasteiger partial charge is 0.337 e. The van der Waals surface area contributed by atoms with Crippen molar-refractivity contribution < 1.29 is 22.0 Å². The molecule has 1 aromatic rings. The first-order valence-electron chi connectivity index (χ1n) is 7.84. The van der Waals surface area contributed by atoms with Crippen LogP contribution in [0.4, 0.5) is 8.78 Å². The number of hydrogen-bond donors (Lipinski definition) is 1. The third-order valence-electron chi connectivity index (χ3n) is 4.35. The minimum Gasteiger partial charge on any atom is -0.334 e. The van der Waals surface area contributed by atoms with Gasteiger partial charge in [-0.05, 0) is 36.5 Å². The number of likely N-dealkylation sites (tertiary alicyclic amines) is 1. The van der Waals surface area contributed by atoms with Crippen LogP contribution in [0.15, 0.2) is 24.3 Å². The van der Waals surface area contributed by atoms with Gasteiger partial charge in [-0.2, -0.15) is 8.78 Å². The lowest BCUT2D eigenvalue weighted by molar-refractivity contribution is 0.0573. The molecule has 2 rings (SSSR count). The van der Waals surface area contributed by atoms with E-state index in [2.05, 4.69) is 6.92 Å². The van der Waals surface area contributed by atoms with Crippen LogP contribution in [0.5, 0.6) is 0 Å².